The van der Waals surface area contributed by atoms with Gasteiger partial charge in [-0.2, -0.15) is 0 Å². The van der Waals surface area contributed by atoms with Crippen LogP contribution in [0.4, 0.5) is 0 Å². The number of likely N-dealkylation sites (N-methyl/N-ethyl adjacent to an activating group) is 1. The zero-order valence-electron chi connectivity index (χ0n) is 11.4. The molecule has 0 aliphatic heterocycles. The van der Waals surface area contributed by atoms with Crippen LogP contribution in [0.25, 0.3) is 0 Å². The number of ketones is 1. The Kier molecular flexibility index (Phi) is 11.2. The summed E-state index contributed by atoms with van der Waals surface area (Å²) in [7, 11) is 1.44. The average Bonchev–Trinajstić information content (AvgIpc) is 2.43. The zero-order chi connectivity index (χ0) is 17.2. The van der Waals surface area contributed by atoms with Crippen LogP contribution < -0.4 is 5.73 Å². The van der Waals surface area contributed by atoms with E-state index in [1.54, 1.807) is 0 Å². The molecule has 9 N–H and O–H groups in total. The Hall–Kier alpha value is -1.79. The highest BCUT2D eigenvalue weighted by Crippen LogP contribution is 2.00. The number of nitrogens with one attached hydrogen (secondary N) is 1. The van der Waals surface area contributed by atoms with Crippen molar-refractivity contribution >= 4 is 17.7 Å². The molecule has 0 amide bonds. The van der Waals surface area contributed by atoms with Gasteiger partial charge in [0.15, 0.2) is 11.7 Å². The highest BCUT2D eigenvalue weighted by Gasteiger charge is 2.28. The van der Waals surface area contributed by atoms with E-state index in [9.17, 15) is 9.59 Å². The lowest BCUT2D eigenvalue weighted by atomic mass is 10.1. The fourth-order valence-corrected chi connectivity index (χ4v) is 0.890. The lowest BCUT2D eigenvalue weighted by Crippen LogP contribution is -2.44. The number of carbonyl (C=O) groups is 2. The van der Waals surface area contributed by atoms with Crippen LogP contribution in [0.5, 0.6) is 0 Å². The van der Waals surface area contributed by atoms with E-state index in [0.29, 0.717) is 0 Å². The van der Waals surface area contributed by atoms with Crippen molar-refractivity contribution < 1.29 is 40.2 Å². The largest absolute Gasteiger partial charge is 0.480 e. The fourth-order valence-electron chi connectivity index (χ4n) is 0.890. The van der Waals surface area contributed by atoms with Gasteiger partial charge in [0.05, 0.1) is 6.61 Å². The third-order valence-corrected chi connectivity index (χ3v) is 2.17. The average molecular weight is 311 g/mol. The van der Waals surface area contributed by atoms with Gasteiger partial charge in [-0.15, -0.1) is 0 Å². The zero-order valence-corrected chi connectivity index (χ0v) is 11.4. The van der Waals surface area contributed by atoms with E-state index in [1.807, 2.05) is 0 Å². The van der Waals surface area contributed by atoms with Gasteiger partial charge in [-0.25, -0.2) is 0 Å². The highest BCUT2D eigenvalue weighted by atomic mass is 16.4. The molecule has 0 rings (SSSR count). The third kappa shape index (κ3) is 9.70. The van der Waals surface area contributed by atoms with Crippen LogP contribution in [0.1, 0.15) is 0 Å². The number of carboxylic acids is 1. The van der Waals surface area contributed by atoms with Crippen LogP contribution in [0.15, 0.2) is 0 Å². The minimum atomic E-state index is -1.86. The van der Waals surface area contributed by atoms with E-state index in [2.05, 4.69) is 0 Å². The van der Waals surface area contributed by atoms with Crippen LogP contribution >= 0.6 is 0 Å². The number of hydrogen-bond donors (Lipinski definition) is 8. The molecule has 0 unspecified atom stereocenters. The summed E-state index contributed by atoms with van der Waals surface area (Å²) in [4.78, 5) is 21.6. The minimum absolute atomic E-state index is 0.227. The second-order valence-electron chi connectivity index (χ2n) is 3.94. The van der Waals surface area contributed by atoms with Crippen molar-refractivity contribution in [3.63, 3.8) is 0 Å². The number of hydrogen-bond acceptors (Lipinski definition) is 8. The Morgan fingerprint density at radius 3 is 1.95 bits per heavy atom. The maximum Gasteiger partial charge on any atom is 0.323 e. The Bertz CT molecular complexity index is 351. The van der Waals surface area contributed by atoms with E-state index >= 15 is 0 Å². The second-order valence-corrected chi connectivity index (χ2v) is 3.94. The third-order valence-electron chi connectivity index (χ3n) is 2.17. The minimum Gasteiger partial charge on any atom is -0.480 e. The number of carboxylic acid groups (broad SMARTS) is 1. The summed E-state index contributed by atoms with van der Waals surface area (Å²) >= 11 is 0. The predicted molar refractivity (Wildman–Crippen MR) is 69.4 cm³/mol. The molecule has 0 fully saturated rings. The molecule has 11 nitrogen and oxygen atoms in total. The first-order valence-electron chi connectivity index (χ1n) is 5.64. The number of rotatable bonds is 7. The van der Waals surface area contributed by atoms with Gasteiger partial charge in [-0.1, -0.05) is 0 Å². The molecule has 0 aromatic heterocycles. The van der Waals surface area contributed by atoms with E-state index < -0.39 is 43.3 Å². The summed E-state index contributed by atoms with van der Waals surface area (Å²) in [5, 5.41) is 57.9. The van der Waals surface area contributed by atoms with Crippen molar-refractivity contribution in [2.75, 3.05) is 26.8 Å². The summed E-state index contributed by atoms with van der Waals surface area (Å²) in [5.74, 6) is -2.24. The van der Waals surface area contributed by atoms with Gasteiger partial charge in [0, 0.05) is 7.05 Å². The van der Waals surface area contributed by atoms with E-state index in [4.69, 9.17) is 41.8 Å². The van der Waals surface area contributed by atoms with Crippen LogP contribution in [-0.4, -0.2) is 98.4 Å². The Labute approximate surface area is 120 Å². The molecule has 0 bridgehead atoms. The van der Waals surface area contributed by atoms with Crippen molar-refractivity contribution in [3.8, 4) is 0 Å². The van der Waals surface area contributed by atoms with E-state index in [-0.39, 0.29) is 12.5 Å². The topological polar surface area (TPSA) is 209 Å². The quantitative estimate of drug-likeness (QED) is 0.167. The van der Waals surface area contributed by atoms with Crippen molar-refractivity contribution in [2.45, 2.75) is 18.3 Å². The monoisotopic (exact) mass is 311 g/mol. The number of aliphatic carboxylic acids is 1. The molecule has 0 heterocycles. The van der Waals surface area contributed by atoms with Crippen LogP contribution in [0.2, 0.25) is 0 Å². The first-order valence-corrected chi connectivity index (χ1v) is 5.64. The van der Waals surface area contributed by atoms with Gasteiger partial charge < -0.3 is 41.3 Å². The second kappa shape index (κ2) is 10.9. The molecule has 0 aliphatic rings. The molecule has 0 radical (unpaired) electrons. The van der Waals surface area contributed by atoms with Crippen molar-refractivity contribution in [2.24, 2.45) is 5.73 Å². The Morgan fingerprint density at radius 1 is 1.24 bits per heavy atom. The number of aliphatic hydroxyl groups is 5. The molecule has 0 saturated carbocycles. The van der Waals surface area contributed by atoms with E-state index in [0.717, 1.165) is 4.90 Å². The highest BCUT2D eigenvalue weighted by molar-refractivity contribution is 5.84. The molecule has 0 saturated heterocycles. The van der Waals surface area contributed by atoms with Crippen molar-refractivity contribution in [3.05, 3.63) is 0 Å². The molecule has 3 atom stereocenters. The molecular formula is C10H21N3O8. The number of aliphatic hydroxyl groups excluding tert-OH is 5. The molecular weight excluding hydrogens is 290 g/mol. The molecule has 0 aliphatic carbocycles. The van der Waals surface area contributed by atoms with Crippen molar-refractivity contribution in [1.29, 1.82) is 5.41 Å². The van der Waals surface area contributed by atoms with Crippen LogP contribution in [0, 0.1) is 5.41 Å². The molecule has 124 valence electrons. The number of guanidine groups is 1. The van der Waals surface area contributed by atoms with Crippen LogP contribution in [-0.2, 0) is 9.59 Å². The van der Waals surface area contributed by atoms with Crippen molar-refractivity contribution in [1.82, 2.24) is 4.90 Å². The smallest absolute Gasteiger partial charge is 0.323 e. The molecule has 11 heteroatoms. The fraction of sp³-hybridized carbons (Fsp3) is 0.700. The Morgan fingerprint density at radius 2 is 1.71 bits per heavy atom. The lowest BCUT2D eigenvalue weighted by Gasteiger charge is -2.19. The maximum atomic E-state index is 10.5. The van der Waals surface area contributed by atoms with Gasteiger partial charge >= 0.3 is 5.97 Å². The summed E-state index contributed by atoms with van der Waals surface area (Å²) < 4.78 is 0. The number of Topliss-reactive ketones (excluding diaryl/α,β-unsaturated/α-hetero) is 1. The van der Waals surface area contributed by atoms with Gasteiger partial charge in [0.1, 0.15) is 31.5 Å². The first-order chi connectivity index (χ1) is 9.58. The first kappa shape index (κ1) is 21.5. The summed E-state index contributed by atoms with van der Waals surface area (Å²) in [5.41, 5.74) is 4.93. The van der Waals surface area contributed by atoms with Gasteiger partial charge in [0.25, 0.3) is 0 Å². The number of nitrogens with zero attached hydrogens (tertiary/aromatic N) is 1. The summed E-state index contributed by atoms with van der Waals surface area (Å²) in [6.07, 6.45) is -5.22. The lowest BCUT2D eigenvalue weighted by molar-refractivity contribution is -0.142. The molecule has 0 aromatic carbocycles. The van der Waals surface area contributed by atoms with Gasteiger partial charge in [-0.3, -0.25) is 15.0 Å². The van der Waals surface area contributed by atoms with Gasteiger partial charge in [0.2, 0.25) is 0 Å². The van der Waals surface area contributed by atoms with Crippen LogP contribution in [0.3, 0.4) is 0 Å². The summed E-state index contributed by atoms with van der Waals surface area (Å²) in [6, 6.07) is 0. The molecule has 0 aromatic rings. The van der Waals surface area contributed by atoms with Gasteiger partial charge in [-0.05, 0) is 0 Å². The normalized spacial score (nSPS) is 14.2. The molecule has 21 heavy (non-hydrogen) atoms. The number of carbonyl (C=O) groups excluding carboxylic acids is 1. The SMILES string of the molecule is CN(CC(=O)O)C(=N)N.O=C(CO)[C@@H](O)[C@H](O)[C@H](O)CO. The predicted octanol–water partition coefficient (Wildman–Crippen LogP) is -4.48. The number of nitrogens with two attached hydrogens (primary N) is 1. The molecule has 0 spiro atoms. The summed E-state index contributed by atoms with van der Waals surface area (Å²) in [6.45, 7) is -1.91. The maximum absolute atomic E-state index is 10.5. The standard InChI is InChI=1S/C6H12O6.C4H9N3O2/c7-1-3(9)5(11)6(12)4(10)2-8;1-7(4(5)6)2-3(8)9/h3,5-9,11-12H,1-2H2;2H2,1H3,(H3,5,6)(H,8,9)/t3-,5-,6-;/m1./s1. The van der Waals surface area contributed by atoms with E-state index in [1.165, 1.54) is 7.05 Å². The Balaban J connectivity index is 0.